The second-order valence-corrected chi connectivity index (χ2v) is 5.52. The molecule has 1 N–H and O–H groups in total. The Morgan fingerprint density at radius 2 is 2.28 bits per heavy atom. The van der Waals surface area contributed by atoms with Crippen LogP contribution in [0.15, 0.2) is 35.3 Å². The molecule has 5 nitrogen and oxygen atoms in total. The molecule has 0 aliphatic heterocycles. The largest absolute Gasteiger partial charge is 0.310 e. The Morgan fingerprint density at radius 1 is 1.44 bits per heavy atom. The lowest BCUT2D eigenvalue weighted by Crippen LogP contribution is -2.22. The fourth-order valence-corrected chi connectivity index (χ4v) is 2.06. The smallest absolute Gasteiger partial charge is 0.258 e. The molecule has 0 bridgehead atoms. The Morgan fingerprint density at radius 3 is 3.06 bits per heavy atom. The number of fused-ring (bicyclic) bond motifs is 1. The molecule has 0 aliphatic carbocycles. The maximum Gasteiger partial charge on any atom is 0.258 e. The summed E-state index contributed by atoms with van der Waals surface area (Å²) in [6.45, 7) is 1.16. The molecule has 0 aromatic carbocycles. The van der Waals surface area contributed by atoms with E-state index in [4.69, 9.17) is 0 Å². The molecule has 2 heterocycles. The molecule has 0 saturated carbocycles. The van der Waals surface area contributed by atoms with E-state index in [-0.39, 0.29) is 5.56 Å². The first kappa shape index (κ1) is 12.9. The molecule has 18 heavy (non-hydrogen) atoms. The molecule has 0 radical (unpaired) electrons. The van der Waals surface area contributed by atoms with E-state index in [0.29, 0.717) is 30.2 Å². The number of hydrogen-bond acceptors (Lipinski definition) is 4. The van der Waals surface area contributed by atoms with E-state index in [1.54, 1.807) is 24.6 Å². The average Bonchev–Trinajstić information content (AvgIpc) is 2.35. The fraction of sp³-hybridized carbons (Fsp3) is 0.333. The highest BCUT2D eigenvalue weighted by Crippen LogP contribution is 1.98. The van der Waals surface area contributed by atoms with Crippen LogP contribution < -0.4 is 10.9 Å². The number of rotatable bonds is 5. The summed E-state index contributed by atoms with van der Waals surface area (Å²) in [4.78, 5) is 16.2. The van der Waals surface area contributed by atoms with Gasteiger partial charge in [-0.05, 0) is 12.1 Å². The predicted octanol–water partition coefficient (Wildman–Crippen LogP) is 0.163. The summed E-state index contributed by atoms with van der Waals surface area (Å²) in [6.07, 6.45) is 3.37. The molecular formula is C12H15N3O2S. The molecule has 1 unspecified atom stereocenters. The summed E-state index contributed by atoms with van der Waals surface area (Å²) in [6, 6.07) is 6.96. The lowest BCUT2D eigenvalue weighted by Gasteiger charge is -2.05. The number of aromatic nitrogens is 2. The molecule has 0 amide bonds. The molecule has 2 rings (SSSR count). The van der Waals surface area contributed by atoms with Gasteiger partial charge in [0.1, 0.15) is 5.65 Å². The second-order valence-electron chi connectivity index (χ2n) is 3.97. The van der Waals surface area contributed by atoms with Crippen LogP contribution in [0.5, 0.6) is 0 Å². The van der Waals surface area contributed by atoms with E-state index in [1.165, 1.54) is 10.5 Å². The normalized spacial score (nSPS) is 12.7. The maximum absolute atomic E-state index is 11.8. The van der Waals surface area contributed by atoms with E-state index in [9.17, 15) is 9.00 Å². The van der Waals surface area contributed by atoms with Gasteiger partial charge in [0.25, 0.3) is 5.56 Å². The van der Waals surface area contributed by atoms with Gasteiger partial charge < -0.3 is 5.32 Å². The van der Waals surface area contributed by atoms with Crippen molar-refractivity contribution in [3.63, 3.8) is 0 Å². The van der Waals surface area contributed by atoms with Crippen molar-refractivity contribution in [2.24, 2.45) is 0 Å². The van der Waals surface area contributed by atoms with Gasteiger partial charge in [-0.1, -0.05) is 6.07 Å². The van der Waals surface area contributed by atoms with Crippen LogP contribution in [0, 0.1) is 0 Å². The van der Waals surface area contributed by atoms with Crippen LogP contribution in [-0.2, 0) is 17.3 Å². The molecule has 2 aromatic rings. The first-order valence-corrected chi connectivity index (χ1v) is 7.37. The van der Waals surface area contributed by atoms with Gasteiger partial charge in [-0.15, -0.1) is 0 Å². The summed E-state index contributed by atoms with van der Waals surface area (Å²) in [5.41, 5.74) is 1.26. The van der Waals surface area contributed by atoms with Gasteiger partial charge in [0.15, 0.2) is 0 Å². The lowest BCUT2D eigenvalue weighted by molar-refractivity contribution is 0.673. The Labute approximate surface area is 107 Å². The zero-order chi connectivity index (χ0) is 13.0. The first-order valence-electron chi connectivity index (χ1n) is 5.65. The molecule has 0 spiro atoms. The van der Waals surface area contributed by atoms with Crippen molar-refractivity contribution in [2.75, 3.05) is 18.6 Å². The van der Waals surface area contributed by atoms with E-state index in [0.717, 1.165) is 0 Å². The van der Waals surface area contributed by atoms with Gasteiger partial charge in [-0.25, -0.2) is 4.98 Å². The van der Waals surface area contributed by atoms with Crippen LogP contribution in [0.1, 0.15) is 5.69 Å². The lowest BCUT2D eigenvalue weighted by atomic mass is 10.3. The Kier molecular flexibility index (Phi) is 4.22. The van der Waals surface area contributed by atoms with Crippen molar-refractivity contribution in [3.05, 3.63) is 46.5 Å². The molecular weight excluding hydrogens is 250 g/mol. The summed E-state index contributed by atoms with van der Waals surface area (Å²) >= 11 is 0. The van der Waals surface area contributed by atoms with E-state index >= 15 is 0 Å². The van der Waals surface area contributed by atoms with Gasteiger partial charge in [-0.3, -0.25) is 13.4 Å². The topological polar surface area (TPSA) is 63.5 Å². The summed E-state index contributed by atoms with van der Waals surface area (Å²) in [5.74, 6) is 0.604. The average molecular weight is 265 g/mol. The van der Waals surface area contributed by atoms with Gasteiger partial charge in [0, 0.05) is 48.2 Å². The third-order valence-electron chi connectivity index (χ3n) is 2.50. The molecule has 2 aromatic heterocycles. The molecule has 0 aliphatic rings. The first-order chi connectivity index (χ1) is 8.66. The SMILES string of the molecule is CS(=O)CCNCc1cc(=O)n2ccccc2n1. The minimum absolute atomic E-state index is 0.0866. The second kappa shape index (κ2) is 5.88. The zero-order valence-electron chi connectivity index (χ0n) is 10.1. The molecule has 1 atom stereocenters. The van der Waals surface area contributed by atoms with Gasteiger partial charge in [0.2, 0.25) is 0 Å². The van der Waals surface area contributed by atoms with Crippen molar-refractivity contribution in [1.82, 2.24) is 14.7 Å². The highest BCUT2D eigenvalue weighted by molar-refractivity contribution is 7.84. The van der Waals surface area contributed by atoms with Gasteiger partial charge in [-0.2, -0.15) is 0 Å². The predicted molar refractivity (Wildman–Crippen MR) is 72.1 cm³/mol. The third kappa shape index (κ3) is 3.24. The van der Waals surface area contributed by atoms with Crippen LogP contribution in [0.4, 0.5) is 0 Å². The zero-order valence-corrected chi connectivity index (χ0v) is 10.9. The number of nitrogens with zero attached hydrogens (tertiary/aromatic N) is 2. The monoisotopic (exact) mass is 265 g/mol. The van der Waals surface area contributed by atoms with Crippen LogP contribution in [0.25, 0.3) is 5.65 Å². The number of hydrogen-bond donors (Lipinski definition) is 1. The molecule has 6 heteroatoms. The standard InChI is InChI=1S/C12H15N3O2S/c1-18(17)7-5-13-9-10-8-12(16)15-6-3-2-4-11(15)14-10/h2-4,6,8,13H,5,7,9H2,1H3. The summed E-state index contributed by atoms with van der Waals surface area (Å²) in [7, 11) is -0.799. The number of pyridine rings is 1. The Bertz CT molecular complexity index is 624. The Balaban J connectivity index is 2.10. The van der Waals surface area contributed by atoms with Crippen LogP contribution in [0.3, 0.4) is 0 Å². The summed E-state index contributed by atoms with van der Waals surface area (Å²) in [5, 5.41) is 3.12. The van der Waals surface area contributed by atoms with Gasteiger partial charge >= 0.3 is 0 Å². The fourth-order valence-electron chi connectivity index (χ4n) is 1.63. The van der Waals surface area contributed by atoms with Crippen LogP contribution in [0.2, 0.25) is 0 Å². The minimum atomic E-state index is -0.799. The van der Waals surface area contributed by atoms with Crippen molar-refractivity contribution in [3.8, 4) is 0 Å². The van der Waals surface area contributed by atoms with E-state index < -0.39 is 10.8 Å². The third-order valence-corrected chi connectivity index (χ3v) is 3.28. The van der Waals surface area contributed by atoms with E-state index in [1.807, 2.05) is 6.07 Å². The highest BCUT2D eigenvalue weighted by atomic mass is 32.2. The van der Waals surface area contributed by atoms with Crippen molar-refractivity contribution >= 4 is 16.4 Å². The molecule has 0 saturated heterocycles. The van der Waals surface area contributed by atoms with Crippen LogP contribution >= 0.6 is 0 Å². The highest BCUT2D eigenvalue weighted by Gasteiger charge is 2.01. The minimum Gasteiger partial charge on any atom is -0.310 e. The van der Waals surface area contributed by atoms with Crippen molar-refractivity contribution in [1.29, 1.82) is 0 Å². The number of nitrogens with one attached hydrogen (secondary N) is 1. The molecule has 0 fully saturated rings. The van der Waals surface area contributed by atoms with E-state index in [2.05, 4.69) is 10.3 Å². The maximum atomic E-state index is 11.8. The summed E-state index contributed by atoms with van der Waals surface area (Å²) < 4.78 is 12.4. The van der Waals surface area contributed by atoms with Gasteiger partial charge in [0.05, 0.1) is 5.69 Å². The Hall–Kier alpha value is -1.53. The van der Waals surface area contributed by atoms with Crippen molar-refractivity contribution in [2.45, 2.75) is 6.54 Å². The van der Waals surface area contributed by atoms with Crippen LogP contribution in [-0.4, -0.2) is 32.1 Å². The quantitative estimate of drug-likeness (QED) is 0.782. The van der Waals surface area contributed by atoms with Crippen molar-refractivity contribution < 1.29 is 4.21 Å². The molecule has 96 valence electrons.